The smallest absolute Gasteiger partial charge is 0.251 e. The Kier molecular flexibility index (Phi) is 4.82. The zero-order valence-corrected chi connectivity index (χ0v) is 12.3. The van der Waals surface area contributed by atoms with E-state index in [1.165, 1.54) is 0 Å². The zero-order valence-electron chi connectivity index (χ0n) is 12.3. The highest BCUT2D eigenvalue weighted by molar-refractivity contribution is 5.96. The topological polar surface area (TPSA) is 64.3 Å². The number of nitrogen functional groups attached to an aromatic ring is 1. The van der Waals surface area contributed by atoms with Crippen molar-refractivity contribution in [1.82, 2.24) is 5.32 Å². The highest BCUT2D eigenvalue weighted by Gasteiger charge is 2.08. The molecule has 2 rings (SSSR count). The molecule has 0 atom stereocenters. The largest absolute Gasteiger partial charge is 0.497 e. The van der Waals surface area contributed by atoms with Crippen LogP contribution >= 0.6 is 0 Å². The average Bonchev–Trinajstić information content (AvgIpc) is 2.47. The van der Waals surface area contributed by atoms with E-state index in [1.54, 1.807) is 25.3 Å². The summed E-state index contributed by atoms with van der Waals surface area (Å²) in [5.41, 5.74) is 9.03. The lowest BCUT2D eigenvalue weighted by Crippen LogP contribution is -2.26. The van der Waals surface area contributed by atoms with Gasteiger partial charge >= 0.3 is 0 Å². The van der Waals surface area contributed by atoms with Gasteiger partial charge in [-0.3, -0.25) is 4.79 Å². The summed E-state index contributed by atoms with van der Waals surface area (Å²) in [4.78, 5) is 12.1. The maximum Gasteiger partial charge on any atom is 0.251 e. The lowest BCUT2D eigenvalue weighted by molar-refractivity contribution is 0.0953. The standard InChI is InChI=1S/C17H20N2O2/c1-12-10-14(18)6-7-16(12)17(20)19-9-8-13-4-3-5-15(11-13)21-2/h3-7,10-11H,8-9,18H2,1-2H3,(H,19,20). The van der Waals surface area contributed by atoms with E-state index in [1.807, 2.05) is 31.2 Å². The third-order valence-corrected chi connectivity index (χ3v) is 3.33. The molecule has 0 fully saturated rings. The summed E-state index contributed by atoms with van der Waals surface area (Å²) in [6.07, 6.45) is 0.761. The van der Waals surface area contributed by atoms with Crippen molar-refractivity contribution >= 4 is 11.6 Å². The van der Waals surface area contributed by atoms with Crippen LogP contribution in [0.2, 0.25) is 0 Å². The second-order valence-electron chi connectivity index (χ2n) is 4.93. The quantitative estimate of drug-likeness (QED) is 0.829. The van der Waals surface area contributed by atoms with Gasteiger partial charge in [0.15, 0.2) is 0 Å². The summed E-state index contributed by atoms with van der Waals surface area (Å²) in [7, 11) is 1.64. The monoisotopic (exact) mass is 284 g/mol. The maximum absolute atomic E-state index is 12.1. The fourth-order valence-corrected chi connectivity index (χ4v) is 2.19. The van der Waals surface area contributed by atoms with E-state index in [0.717, 1.165) is 23.3 Å². The van der Waals surface area contributed by atoms with Crippen molar-refractivity contribution in [3.63, 3.8) is 0 Å². The Bertz CT molecular complexity index is 638. The molecule has 0 aromatic heterocycles. The maximum atomic E-state index is 12.1. The summed E-state index contributed by atoms with van der Waals surface area (Å²) in [5.74, 6) is 0.753. The summed E-state index contributed by atoms with van der Waals surface area (Å²) in [5, 5.41) is 2.92. The molecule has 110 valence electrons. The van der Waals surface area contributed by atoms with Crippen LogP contribution in [0, 0.1) is 6.92 Å². The molecule has 0 unspecified atom stereocenters. The number of carbonyl (C=O) groups excluding carboxylic acids is 1. The first-order chi connectivity index (χ1) is 10.1. The fourth-order valence-electron chi connectivity index (χ4n) is 2.19. The number of methoxy groups -OCH3 is 1. The highest BCUT2D eigenvalue weighted by Crippen LogP contribution is 2.14. The van der Waals surface area contributed by atoms with Crippen LogP contribution in [-0.4, -0.2) is 19.6 Å². The molecule has 2 aromatic carbocycles. The van der Waals surface area contributed by atoms with Gasteiger partial charge in [0.25, 0.3) is 5.91 Å². The lowest BCUT2D eigenvalue weighted by Gasteiger charge is -2.09. The molecule has 2 aromatic rings. The van der Waals surface area contributed by atoms with Gasteiger partial charge in [-0.05, 0) is 54.8 Å². The summed E-state index contributed by atoms with van der Waals surface area (Å²) in [6, 6.07) is 13.1. The van der Waals surface area contributed by atoms with Crippen LogP contribution < -0.4 is 15.8 Å². The Labute approximate surface area is 124 Å². The molecule has 1 amide bonds. The van der Waals surface area contributed by atoms with Crippen LogP contribution in [-0.2, 0) is 6.42 Å². The van der Waals surface area contributed by atoms with Gasteiger partial charge < -0.3 is 15.8 Å². The minimum absolute atomic E-state index is 0.0737. The van der Waals surface area contributed by atoms with Gasteiger partial charge in [-0.2, -0.15) is 0 Å². The molecule has 0 aliphatic rings. The van der Waals surface area contributed by atoms with Crippen LogP contribution in [0.5, 0.6) is 5.75 Å². The predicted molar refractivity (Wildman–Crippen MR) is 84.6 cm³/mol. The molecular formula is C17H20N2O2. The van der Waals surface area contributed by atoms with Crippen molar-refractivity contribution < 1.29 is 9.53 Å². The second-order valence-corrected chi connectivity index (χ2v) is 4.93. The van der Waals surface area contributed by atoms with E-state index in [0.29, 0.717) is 17.8 Å². The Morgan fingerprint density at radius 3 is 2.76 bits per heavy atom. The number of ether oxygens (including phenoxy) is 1. The molecule has 0 saturated carbocycles. The molecule has 4 heteroatoms. The number of rotatable bonds is 5. The number of nitrogens with two attached hydrogens (primary N) is 1. The predicted octanol–water partition coefficient (Wildman–Crippen LogP) is 2.56. The molecular weight excluding hydrogens is 264 g/mol. The van der Waals surface area contributed by atoms with E-state index >= 15 is 0 Å². The van der Waals surface area contributed by atoms with Crippen molar-refractivity contribution in [3.05, 3.63) is 59.2 Å². The third-order valence-electron chi connectivity index (χ3n) is 3.33. The Balaban J connectivity index is 1.92. The van der Waals surface area contributed by atoms with Crippen molar-refractivity contribution in [2.75, 3.05) is 19.4 Å². The van der Waals surface area contributed by atoms with Crippen LogP contribution in [0.1, 0.15) is 21.5 Å². The van der Waals surface area contributed by atoms with Crippen molar-refractivity contribution in [1.29, 1.82) is 0 Å². The Morgan fingerprint density at radius 2 is 2.05 bits per heavy atom. The summed E-state index contributed by atoms with van der Waals surface area (Å²) >= 11 is 0. The zero-order chi connectivity index (χ0) is 15.2. The first-order valence-corrected chi connectivity index (χ1v) is 6.87. The summed E-state index contributed by atoms with van der Waals surface area (Å²) < 4.78 is 5.18. The van der Waals surface area contributed by atoms with Gasteiger partial charge in [0.1, 0.15) is 5.75 Å². The number of amides is 1. The minimum Gasteiger partial charge on any atom is -0.497 e. The molecule has 0 heterocycles. The van der Waals surface area contributed by atoms with Crippen LogP contribution in [0.3, 0.4) is 0 Å². The van der Waals surface area contributed by atoms with Gasteiger partial charge in [0.05, 0.1) is 7.11 Å². The van der Waals surface area contributed by atoms with E-state index < -0.39 is 0 Å². The molecule has 0 aliphatic heterocycles. The normalized spacial score (nSPS) is 10.2. The molecule has 0 bridgehead atoms. The summed E-state index contributed by atoms with van der Waals surface area (Å²) in [6.45, 7) is 2.46. The minimum atomic E-state index is -0.0737. The van der Waals surface area contributed by atoms with Gasteiger partial charge in [0.2, 0.25) is 0 Å². The van der Waals surface area contributed by atoms with Crippen LogP contribution in [0.15, 0.2) is 42.5 Å². The Hall–Kier alpha value is -2.49. The van der Waals surface area contributed by atoms with E-state index in [2.05, 4.69) is 5.32 Å². The number of hydrogen-bond acceptors (Lipinski definition) is 3. The number of carbonyl (C=O) groups is 1. The first-order valence-electron chi connectivity index (χ1n) is 6.87. The first kappa shape index (κ1) is 14.9. The molecule has 3 N–H and O–H groups in total. The number of aryl methyl sites for hydroxylation is 1. The highest BCUT2D eigenvalue weighted by atomic mass is 16.5. The molecule has 21 heavy (non-hydrogen) atoms. The van der Waals surface area contributed by atoms with Gasteiger partial charge in [-0.25, -0.2) is 0 Å². The fraction of sp³-hybridized carbons (Fsp3) is 0.235. The van der Waals surface area contributed by atoms with Gasteiger partial charge in [0, 0.05) is 17.8 Å². The molecule has 0 radical (unpaired) electrons. The van der Waals surface area contributed by atoms with Crippen molar-refractivity contribution in [2.45, 2.75) is 13.3 Å². The second kappa shape index (κ2) is 6.79. The Morgan fingerprint density at radius 1 is 1.24 bits per heavy atom. The van der Waals surface area contributed by atoms with Gasteiger partial charge in [-0.15, -0.1) is 0 Å². The number of anilines is 1. The molecule has 0 saturated heterocycles. The SMILES string of the molecule is COc1cccc(CCNC(=O)c2ccc(N)cc2C)c1. The molecule has 0 aliphatic carbocycles. The van der Waals surface area contributed by atoms with E-state index in [9.17, 15) is 4.79 Å². The van der Waals surface area contributed by atoms with E-state index in [-0.39, 0.29) is 5.91 Å². The number of nitrogens with one attached hydrogen (secondary N) is 1. The molecule has 0 spiro atoms. The number of hydrogen-bond donors (Lipinski definition) is 2. The van der Waals surface area contributed by atoms with Crippen molar-refractivity contribution in [3.8, 4) is 5.75 Å². The third kappa shape index (κ3) is 3.99. The van der Waals surface area contributed by atoms with E-state index in [4.69, 9.17) is 10.5 Å². The molecule has 4 nitrogen and oxygen atoms in total. The average molecular weight is 284 g/mol. The lowest BCUT2D eigenvalue weighted by atomic mass is 10.1. The van der Waals surface area contributed by atoms with Crippen LogP contribution in [0.25, 0.3) is 0 Å². The van der Waals surface area contributed by atoms with Crippen LogP contribution in [0.4, 0.5) is 5.69 Å². The number of benzene rings is 2. The van der Waals surface area contributed by atoms with Crippen molar-refractivity contribution in [2.24, 2.45) is 0 Å². The van der Waals surface area contributed by atoms with Gasteiger partial charge in [-0.1, -0.05) is 12.1 Å².